The van der Waals surface area contributed by atoms with Crippen molar-refractivity contribution in [2.24, 2.45) is 0 Å². The number of rotatable bonds is 8. The molecule has 0 bridgehead atoms. The van der Waals surface area contributed by atoms with Gasteiger partial charge in [-0.3, -0.25) is 4.79 Å². The summed E-state index contributed by atoms with van der Waals surface area (Å²) in [5, 5.41) is 3.37. The van der Waals surface area contributed by atoms with Crippen LogP contribution in [0.15, 0.2) is 84.9 Å². The normalized spacial score (nSPS) is 13.0. The molecule has 0 saturated carbocycles. The molecule has 3 aromatic rings. The number of ether oxygens (including phenoxy) is 1. The van der Waals surface area contributed by atoms with Crippen molar-refractivity contribution in [3.05, 3.63) is 102 Å². The molecule has 0 aliphatic carbocycles. The first-order valence-electron chi connectivity index (χ1n) is 9.25. The Morgan fingerprint density at radius 2 is 1.44 bits per heavy atom. The van der Waals surface area contributed by atoms with Crippen molar-refractivity contribution in [1.29, 1.82) is 0 Å². The van der Waals surface area contributed by atoms with Gasteiger partial charge in [0.1, 0.15) is 12.4 Å². The average molecular weight is 359 g/mol. The van der Waals surface area contributed by atoms with Gasteiger partial charge in [-0.05, 0) is 49.2 Å². The Morgan fingerprint density at radius 3 is 2.07 bits per heavy atom. The summed E-state index contributed by atoms with van der Waals surface area (Å²) in [5.74, 6) is 0.834. The number of hydrogen-bond donors (Lipinski definition) is 1. The first-order chi connectivity index (χ1) is 13.1. The van der Waals surface area contributed by atoms with E-state index >= 15 is 0 Å². The number of carbonyl (C=O) groups excluding carboxylic acids is 1. The molecule has 27 heavy (non-hydrogen) atoms. The van der Waals surface area contributed by atoms with Crippen LogP contribution in [0.5, 0.6) is 5.75 Å². The molecule has 0 fully saturated rings. The van der Waals surface area contributed by atoms with Gasteiger partial charge in [-0.1, -0.05) is 60.7 Å². The fourth-order valence-electron chi connectivity index (χ4n) is 2.99. The smallest absolute Gasteiger partial charge is 0.179 e. The molecule has 0 radical (unpaired) electrons. The van der Waals surface area contributed by atoms with Crippen molar-refractivity contribution < 1.29 is 9.53 Å². The molecule has 0 amide bonds. The summed E-state index contributed by atoms with van der Waals surface area (Å²) in [6.45, 7) is 4.49. The molecule has 3 aromatic carbocycles. The van der Waals surface area contributed by atoms with E-state index in [0.29, 0.717) is 12.2 Å². The van der Waals surface area contributed by atoms with Gasteiger partial charge in [-0.2, -0.15) is 0 Å². The number of ketones is 1. The summed E-state index contributed by atoms with van der Waals surface area (Å²) >= 11 is 0. The van der Waals surface area contributed by atoms with Crippen LogP contribution in [0.2, 0.25) is 0 Å². The predicted molar refractivity (Wildman–Crippen MR) is 109 cm³/mol. The minimum atomic E-state index is -0.267. The van der Waals surface area contributed by atoms with Crippen molar-refractivity contribution >= 4 is 5.78 Å². The molecular formula is C24H25NO2. The molecule has 0 aliphatic rings. The summed E-state index contributed by atoms with van der Waals surface area (Å²) in [4.78, 5) is 12.7. The van der Waals surface area contributed by atoms with Crippen molar-refractivity contribution in [3.8, 4) is 5.75 Å². The summed E-state index contributed by atoms with van der Waals surface area (Å²) < 4.78 is 5.78. The third-order valence-electron chi connectivity index (χ3n) is 4.58. The Kier molecular flexibility index (Phi) is 6.39. The van der Waals surface area contributed by atoms with Crippen molar-refractivity contribution in [3.63, 3.8) is 0 Å². The molecule has 3 heteroatoms. The fraction of sp³-hybridized carbons (Fsp3) is 0.208. The lowest BCUT2D eigenvalue weighted by molar-refractivity contribution is 0.0945. The maximum Gasteiger partial charge on any atom is 0.179 e. The molecule has 0 saturated heterocycles. The van der Waals surface area contributed by atoms with Crippen LogP contribution < -0.4 is 10.1 Å². The van der Waals surface area contributed by atoms with Crippen LogP contribution in [0.25, 0.3) is 0 Å². The van der Waals surface area contributed by atoms with Crippen LogP contribution in [-0.4, -0.2) is 11.8 Å². The van der Waals surface area contributed by atoms with E-state index in [1.807, 2.05) is 79.7 Å². The molecule has 0 unspecified atom stereocenters. The van der Waals surface area contributed by atoms with Gasteiger partial charge in [-0.15, -0.1) is 0 Å². The summed E-state index contributed by atoms with van der Waals surface area (Å²) in [5.41, 5.74) is 2.97. The lowest BCUT2D eigenvalue weighted by Crippen LogP contribution is -2.35. The van der Waals surface area contributed by atoms with Crippen LogP contribution in [0.3, 0.4) is 0 Å². The second kappa shape index (κ2) is 9.15. The Bertz CT molecular complexity index is 845. The van der Waals surface area contributed by atoms with Crippen LogP contribution in [0.4, 0.5) is 0 Å². The van der Waals surface area contributed by atoms with Gasteiger partial charge in [-0.25, -0.2) is 0 Å². The molecule has 3 nitrogen and oxygen atoms in total. The summed E-state index contributed by atoms with van der Waals surface area (Å²) in [6, 6.07) is 27.4. The van der Waals surface area contributed by atoms with Crippen LogP contribution >= 0.6 is 0 Å². The van der Waals surface area contributed by atoms with Gasteiger partial charge in [0.25, 0.3) is 0 Å². The molecule has 3 rings (SSSR count). The Morgan fingerprint density at radius 1 is 0.852 bits per heavy atom. The van der Waals surface area contributed by atoms with Crippen LogP contribution in [0.1, 0.15) is 41.4 Å². The average Bonchev–Trinajstić information content (AvgIpc) is 2.73. The van der Waals surface area contributed by atoms with Gasteiger partial charge in [0, 0.05) is 11.6 Å². The van der Waals surface area contributed by atoms with Gasteiger partial charge in [0.2, 0.25) is 0 Å². The lowest BCUT2D eigenvalue weighted by Gasteiger charge is -2.19. The fourth-order valence-corrected chi connectivity index (χ4v) is 2.99. The second-order valence-corrected chi connectivity index (χ2v) is 6.68. The molecule has 0 spiro atoms. The topological polar surface area (TPSA) is 38.3 Å². The van der Waals surface area contributed by atoms with E-state index in [1.54, 1.807) is 0 Å². The van der Waals surface area contributed by atoms with E-state index in [1.165, 1.54) is 5.56 Å². The summed E-state index contributed by atoms with van der Waals surface area (Å²) in [6.07, 6.45) is 0. The van der Waals surface area contributed by atoms with Gasteiger partial charge < -0.3 is 10.1 Å². The van der Waals surface area contributed by atoms with Gasteiger partial charge in [0.15, 0.2) is 5.78 Å². The number of nitrogens with one attached hydrogen (secondary N) is 1. The predicted octanol–water partition coefficient (Wildman–Crippen LogP) is 5.19. The number of hydrogen-bond acceptors (Lipinski definition) is 3. The first-order valence-corrected chi connectivity index (χ1v) is 9.25. The van der Waals surface area contributed by atoms with Crippen LogP contribution in [-0.2, 0) is 6.61 Å². The first kappa shape index (κ1) is 18.9. The standard InChI is InChI=1S/C24H25NO2/c1-18(21-11-7-4-8-12-21)25-19(2)24(26)22-13-15-23(16-14-22)27-17-20-9-5-3-6-10-20/h3-16,18-19,25H,17H2,1-2H3/t18-,19-/m1/s1. The van der Waals surface area contributed by atoms with E-state index < -0.39 is 0 Å². The minimum absolute atomic E-state index is 0.0763. The molecule has 1 N–H and O–H groups in total. The molecule has 0 aromatic heterocycles. The third-order valence-corrected chi connectivity index (χ3v) is 4.58. The van der Waals surface area contributed by atoms with Crippen molar-refractivity contribution in [2.45, 2.75) is 32.5 Å². The molecule has 0 aliphatic heterocycles. The third kappa shape index (κ3) is 5.28. The van der Waals surface area contributed by atoms with Crippen molar-refractivity contribution in [1.82, 2.24) is 5.32 Å². The monoisotopic (exact) mass is 359 g/mol. The van der Waals surface area contributed by atoms with E-state index in [2.05, 4.69) is 24.4 Å². The van der Waals surface area contributed by atoms with E-state index in [9.17, 15) is 4.79 Å². The highest BCUT2D eigenvalue weighted by Crippen LogP contribution is 2.17. The highest BCUT2D eigenvalue weighted by molar-refractivity contribution is 5.99. The largest absolute Gasteiger partial charge is 0.489 e. The zero-order chi connectivity index (χ0) is 19.1. The van der Waals surface area contributed by atoms with Crippen LogP contribution in [0, 0.1) is 0 Å². The van der Waals surface area contributed by atoms with E-state index in [-0.39, 0.29) is 17.9 Å². The molecular weight excluding hydrogens is 334 g/mol. The van der Waals surface area contributed by atoms with Gasteiger partial charge in [0.05, 0.1) is 6.04 Å². The SMILES string of the molecule is C[C@@H](N[C@H](C)c1ccccc1)C(=O)c1ccc(OCc2ccccc2)cc1. The Hall–Kier alpha value is -2.91. The Balaban J connectivity index is 1.56. The number of benzene rings is 3. The molecule has 0 heterocycles. The lowest BCUT2D eigenvalue weighted by atomic mass is 10.0. The summed E-state index contributed by atoms with van der Waals surface area (Å²) in [7, 11) is 0. The Labute approximate surface area is 161 Å². The second-order valence-electron chi connectivity index (χ2n) is 6.68. The maximum atomic E-state index is 12.7. The number of Topliss-reactive ketones (excluding diaryl/α,β-unsaturated/α-hetero) is 1. The highest BCUT2D eigenvalue weighted by Gasteiger charge is 2.17. The van der Waals surface area contributed by atoms with E-state index in [0.717, 1.165) is 11.3 Å². The quantitative estimate of drug-likeness (QED) is 0.563. The zero-order valence-electron chi connectivity index (χ0n) is 15.8. The molecule has 2 atom stereocenters. The molecule has 138 valence electrons. The highest BCUT2D eigenvalue weighted by atomic mass is 16.5. The van der Waals surface area contributed by atoms with Crippen molar-refractivity contribution in [2.75, 3.05) is 0 Å². The maximum absolute atomic E-state index is 12.7. The minimum Gasteiger partial charge on any atom is -0.489 e. The number of carbonyl (C=O) groups is 1. The zero-order valence-corrected chi connectivity index (χ0v) is 15.8. The van der Waals surface area contributed by atoms with Gasteiger partial charge >= 0.3 is 0 Å². The van der Waals surface area contributed by atoms with E-state index in [4.69, 9.17) is 4.74 Å².